The molecule has 25 heavy (non-hydrogen) atoms. The van der Waals surface area contributed by atoms with Crippen molar-refractivity contribution in [3.05, 3.63) is 54.1 Å². The molecular formula is C19H22N2O4. The molecule has 6 heteroatoms. The van der Waals surface area contributed by atoms with Gasteiger partial charge in [0.2, 0.25) is 11.8 Å². The van der Waals surface area contributed by atoms with Gasteiger partial charge in [0.05, 0.1) is 19.9 Å². The van der Waals surface area contributed by atoms with Crippen LogP contribution in [0.4, 0.5) is 5.69 Å². The number of methoxy groups -OCH3 is 2. The summed E-state index contributed by atoms with van der Waals surface area (Å²) in [6.45, 7) is 0.488. The van der Waals surface area contributed by atoms with Crippen molar-refractivity contribution in [2.24, 2.45) is 0 Å². The van der Waals surface area contributed by atoms with Crippen LogP contribution in [0.3, 0.4) is 0 Å². The number of amides is 2. The van der Waals surface area contributed by atoms with Crippen molar-refractivity contribution < 1.29 is 19.1 Å². The highest BCUT2D eigenvalue weighted by molar-refractivity contribution is 6.04. The monoisotopic (exact) mass is 342 g/mol. The summed E-state index contributed by atoms with van der Waals surface area (Å²) in [4.78, 5) is 23.9. The Labute approximate surface area is 147 Å². The first-order valence-electron chi connectivity index (χ1n) is 7.95. The Bertz CT molecular complexity index is 717. The normalized spacial score (nSPS) is 10.0. The second kappa shape index (κ2) is 9.32. The average Bonchev–Trinajstić information content (AvgIpc) is 2.62. The molecule has 132 valence electrons. The van der Waals surface area contributed by atoms with Crippen molar-refractivity contribution in [1.29, 1.82) is 0 Å². The van der Waals surface area contributed by atoms with Crippen molar-refractivity contribution in [2.75, 3.05) is 26.1 Å². The van der Waals surface area contributed by atoms with Gasteiger partial charge < -0.3 is 20.1 Å². The number of nitrogens with one attached hydrogen (secondary N) is 2. The molecule has 6 nitrogen and oxygen atoms in total. The maximum Gasteiger partial charge on any atom is 0.233 e. The van der Waals surface area contributed by atoms with Crippen molar-refractivity contribution in [1.82, 2.24) is 5.32 Å². The summed E-state index contributed by atoms with van der Waals surface area (Å²) < 4.78 is 10.3. The van der Waals surface area contributed by atoms with Gasteiger partial charge in [-0.05, 0) is 24.1 Å². The molecule has 0 radical (unpaired) electrons. The first-order valence-corrected chi connectivity index (χ1v) is 7.95. The first kappa shape index (κ1) is 18.3. The van der Waals surface area contributed by atoms with E-state index in [9.17, 15) is 9.59 Å². The van der Waals surface area contributed by atoms with E-state index in [0.29, 0.717) is 23.7 Å². The molecule has 2 amide bonds. The summed E-state index contributed by atoms with van der Waals surface area (Å²) in [7, 11) is 3.05. The first-order chi connectivity index (χ1) is 12.1. The molecule has 0 unspecified atom stereocenters. The molecule has 2 aromatic carbocycles. The van der Waals surface area contributed by atoms with Crippen LogP contribution < -0.4 is 20.1 Å². The Morgan fingerprint density at radius 3 is 2.40 bits per heavy atom. The summed E-state index contributed by atoms with van der Waals surface area (Å²) in [5.41, 5.74) is 1.63. The lowest BCUT2D eigenvalue weighted by molar-refractivity contribution is -0.126. The molecule has 0 saturated carbocycles. The van der Waals surface area contributed by atoms with E-state index in [4.69, 9.17) is 9.47 Å². The second-order valence-corrected chi connectivity index (χ2v) is 5.38. The van der Waals surface area contributed by atoms with E-state index >= 15 is 0 Å². The van der Waals surface area contributed by atoms with Crippen molar-refractivity contribution >= 4 is 17.5 Å². The molecule has 0 spiro atoms. The van der Waals surface area contributed by atoms with Gasteiger partial charge in [-0.3, -0.25) is 9.59 Å². The van der Waals surface area contributed by atoms with Gasteiger partial charge in [-0.25, -0.2) is 0 Å². The zero-order valence-electron chi connectivity index (χ0n) is 14.4. The number of carbonyl (C=O) groups excluding carboxylic acids is 2. The third-order valence-corrected chi connectivity index (χ3v) is 3.58. The van der Waals surface area contributed by atoms with E-state index in [1.807, 2.05) is 30.3 Å². The standard InChI is InChI=1S/C19H22N2O4/c1-24-15-8-9-16(17(12-15)25-2)21-19(23)13-18(22)20-11-10-14-6-4-3-5-7-14/h3-9,12H,10-11,13H2,1-2H3,(H,20,22)(H,21,23). The molecule has 0 atom stereocenters. The number of benzene rings is 2. The van der Waals surface area contributed by atoms with Gasteiger partial charge in [-0.15, -0.1) is 0 Å². The largest absolute Gasteiger partial charge is 0.497 e. The van der Waals surface area contributed by atoms with Gasteiger partial charge >= 0.3 is 0 Å². The Morgan fingerprint density at radius 2 is 1.72 bits per heavy atom. The number of carbonyl (C=O) groups is 2. The predicted molar refractivity (Wildman–Crippen MR) is 95.9 cm³/mol. The number of rotatable bonds is 8. The summed E-state index contributed by atoms with van der Waals surface area (Å²) in [5, 5.41) is 5.42. The maximum absolute atomic E-state index is 12.0. The highest BCUT2D eigenvalue weighted by Gasteiger charge is 2.12. The quantitative estimate of drug-likeness (QED) is 0.722. The maximum atomic E-state index is 12.0. The predicted octanol–water partition coefficient (Wildman–Crippen LogP) is 2.39. The molecule has 2 N–H and O–H groups in total. The van der Waals surface area contributed by atoms with Gasteiger partial charge in [-0.2, -0.15) is 0 Å². The smallest absolute Gasteiger partial charge is 0.233 e. The highest BCUT2D eigenvalue weighted by atomic mass is 16.5. The molecule has 0 saturated heterocycles. The zero-order chi connectivity index (χ0) is 18.1. The van der Waals surface area contributed by atoms with E-state index in [-0.39, 0.29) is 12.3 Å². The van der Waals surface area contributed by atoms with Crippen LogP contribution in [-0.4, -0.2) is 32.6 Å². The Kier molecular flexibility index (Phi) is 6.83. The highest BCUT2D eigenvalue weighted by Crippen LogP contribution is 2.29. The zero-order valence-corrected chi connectivity index (χ0v) is 14.4. The van der Waals surface area contributed by atoms with Crippen LogP contribution in [0, 0.1) is 0 Å². The summed E-state index contributed by atoms with van der Waals surface area (Å²) in [5.74, 6) is 0.368. The molecule has 0 aliphatic heterocycles. The van der Waals surface area contributed by atoms with Crippen LogP contribution in [0.5, 0.6) is 11.5 Å². The molecular weight excluding hydrogens is 320 g/mol. The lowest BCUT2D eigenvalue weighted by Gasteiger charge is -2.11. The van der Waals surface area contributed by atoms with Crippen LogP contribution in [0.25, 0.3) is 0 Å². The summed E-state index contributed by atoms with van der Waals surface area (Å²) in [6, 6.07) is 14.9. The third-order valence-electron chi connectivity index (χ3n) is 3.58. The number of hydrogen-bond acceptors (Lipinski definition) is 4. The minimum Gasteiger partial charge on any atom is -0.497 e. The lowest BCUT2D eigenvalue weighted by atomic mass is 10.1. The molecule has 2 aromatic rings. The van der Waals surface area contributed by atoms with Crippen molar-refractivity contribution in [2.45, 2.75) is 12.8 Å². The fourth-order valence-corrected chi connectivity index (χ4v) is 2.30. The van der Waals surface area contributed by atoms with Gasteiger partial charge in [0.15, 0.2) is 0 Å². The van der Waals surface area contributed by atoms with E-state index in [2.05, 4.69) is 10.6 Å². The third kappa shape index (κ3) is 5.84. The van der Waals surface area contributed by atoms with E-state index in [0.717, 1.165) is 12.0 Å². The summed E-state index contributed by atoms with van der Waals surface area (Å²) >= 11 is 0. The molecule has 0 aromatic heterocycles. The SMILES string of the molecule is COc1ccc(NC(=O)CC(=O)NCCc2ccccc2)c(OC)c1. The number of hydrogen-bond donors (Lipinski definition) is 2. The van der Waals surface area contributed by atoms with Crippen LogP contribution in [0.2, 0.25) is 0 Å². The van der Waals surface area contributed by atoms with Gasteiger partial charge in [0.1, 0.15) is 17.9 Å². The van der Waals surface area contributed by atoms with Crippen LogP contribution in [0.1, 0.15) is 12.0 Å². The van der Waals surface area contributed by atoms with E-state index in [1.165, 1.54) is 7.11 Å². The van der Waals surface area contributed by atoms with E-state index in [1.54, 1.807) is 25.3 Å². The van der Waals surface area contributed by atoms with E-state index < -0.39 is 5.91 Å². The van der Waals surface area contributed by atoms with Gasteiger partial charge in [0.25, 0.3) is 0 Å². The fourth-order valence-electron chi connectivity index (χ4n) is 2.30. The summed E-state index contributed by atoms with van der Waals surface area (Å²) in [6.07, 6.45) is 0.477. The minimum atomic E-state index is -0.402. The van der Waals surface area contributed by atoms with Crippen LogP contribution in [0.15, 0.2) is 48.5 Å². The molecule has 0 aliphatic carbocycles. The minimum absolute atomic E-state index is 0.246. The molecule has 0 fully saturated rings. The number of anilines is 1. The molecule has 0 aliphatic rings. The van der Waals surface area contributed by atoms with Crippen molar-refractivity contribution in [3.8, 4) is 11.5 Å². The lowest BCUT2D eigenvalue weighted by Crippen LogP contribution is -2.29. The second-order valence-electron chi connectivity index (χ2n) is 5.38. The Balaban J connectivity index is 1.80. The van der Waals surface area contributed by atoms with Gasteiger partial charge in [0, 0.05) is 12.6 Å². The van der Waals surface area contributed by atoms with Gasteiger partial charge in [-0.1, -0.05) is 30.3 Å². The topological polar surface area (TPSA) is 76.7 Å². The molecule has 0 bridgehead atoms. The number of ether oxygens (including phenoxy) is 2. The van der Waals surface area contributed by atoms with Crippen molar-refractivity contribution in [3.63, 3.8) is 0 Å². The fraction of sp³-hybridized carbons (Fsp3) is 0.263. The Hall–Kier alpha value is -3.02. The van der Waals surface area contributed by atoms with Crippen LogP contribution >= 0.6 is 0 Å². The average molecular weight is 342 g/mol. The molecule has 0 heterocycles. The molecule has 2 rings (SSSR count). The Morgan fingerprint density at radius 1 is 0.960 bits per heavy atom. The van der Waals surface area contributed by atoms with Crippen LogP contribution in [-0.2, 0) is 16.0 Å².